The minimum absolute atomic E-state index is 0.0680. The summed E-state index contributed by atoms with van der Waals surface area (Å²) in [5.41, 5.74) is 0.127. The zero-order valence-electron chi connectivity index (χ0n) is 24.4. The third-order valence-electron chi connectivity index (χ3n) is 7.27. The predicted molar refractivity (Wildman–Crippen MR) is 161 cm³/mol. The highest BCUT2D eigenvalue weighted by atomic mass is 16.6. The van der Waals surface area contributed by atoms with Crippen molar-refractivity contribution in [2.45, 2.75) is 96.5 Å². The van der Waals surface area contributed by atoms with Gasteiger partial charge < -0.3 is 19.7 Å². The number of phenols is 2. The lowest BCUT2D eigenvalue weighted by Gasteiger charge is -2.36. The van der Waals surface area contributed by atoms with Crippen LogP contribution in [-0.4, -0.2) is 22.2 Å². The lowest BCUT2D eigenvalue weighted by atomic mass is 9.79. The Morgan fingerprint density at radius 2 is 1.07 bits per heavy atom. The maximum Gasteiger partial charge on any atom is 0.311 e. The molecule has 0 bridgehead atoms. The highest BCUT2D eigenvalue weighted by molar-refractivity contribution is 5.75. The summed E-state index contributed by atoms with van der Waals surface area (Å²) in [5, 5.41) is 20.1. The van der Waals surface area contributed by atoms with Crippen molar-refractivity contribution in [2.75, 3.05) is 0 Å². The number of esters is 2. The number of benzene rings is 3. The molecule has 3 aromatic carbocycles. The molecular formula is C35H44O6. The lowest BCUT2D eigenvalue weighted by Crippen LogP contribution is -2.36. The molecule has 41 heavy (non-hydrogen) atoms. The molecule has 0 amide bonds. The number of hydrogen-bond acceptors (Lipinski definition) is 6. The average Bonchev–Trinajstić information content (AvgIpc) is 2.97. The number of carbonyl (C=O) groups excluding carboxylic acids is 2. The summed E-state index contributed by atoms with van der Waals surface area (Å²) < 4.78 is 12.4. The van der Waals surface area contributed by atoms with Gasteiger partial charge in [-0.15, -0.1) is 0 Å². The second kappa shape index (κ2) is 16.5. The molecule has 0 aliphatic heterocycles. The van der Waals surface area contributed by atoms with Crippen LogP contribution in [0.15, 0.2) is 72.8 Å². The Labute approximate surface area is 244 Å². The van der Waals surface area contributed by atoms with Crippen LogP contribution < -0.4 is 4.74 Å². The maximum atomic E-state index is 13.5. The van der Waals surface area contributed by atoms with E-state index in [1.54, 1.807) is 42.5 Å². The van der Waals surface area contributed by atoms with Gasteiger partial charge in [-0.3, -0.25) is 9.59 Å². The van der Waals surface area contributed by atoms with Crippen molar-refractivity contribution in [3.05, 3.63) is 89.5 Å². The Morgan fingerprint density at radius 3 is 1.59 bits per heavy atom. The normalized spacial score (nSPS) is 11.3. The van der Waals surface area contributed by atoms with E-state index in [9.17, 15) is 19.8 Å². The van der Waals surface area contributed by atoms with Crippen molar-refractivity contribution in [2.24, 2.45) is 0 Å². The van der Waals surface area contributed by atoms with Gasteiger partial charge in [-0.1, -0.05) is 108 Å². The van der Waals surface area contributed by atoms with Crippen LogP contribution >= 0.6 is 0 Å². The third kappa shape index (κ3) is 9.10. The van der Waals surface area contributed by atoms with Crippen LogP contribution in [0.3, 0.4) is 0 Å². The van der Waals surface area contributed by atoms with Gasteiger partial charge in [0.15, 0.2) is 5.60 Å². The average molecular weight is 561 g/mol. The molecule has 3 aromatic rings. The number of hydrogen-bond donors (Lipinski definition) is 2. The first kappa shape index (κ1) is 31.7. The van der Waals surface area contributed by atoms with Crippen molar-refractivity contribution >= 4 is 11.9 Å². The molecule has 0 unspecified atom stereocenters. The van der Waals surface area contributed by atoms with E-state index in [0.29, 0.717) is 35.3 Å². The quantitative estimate of drug-likeness (QED) is 0.0743. The minimum Gasteiger partial charge on any atom is -0.508 e. The molecule has 0 saturated heterocycles. The highest BCUT2D eigenvalue weighted by Gasteiger charge is 2.43. The number of ether oxygens (including phenoxy) is 2. The molecule has 6 nitrogen and oxygen atoms in total. The summed E-state index contributed by atoms with van der Waals surface area (Å²) in [6.07, 6.45) is 10.5. The van der Waals surface area contributed by atoms with E-state index in [-0.39, 0.29) is 29.9 Å². The monoisotopic (exact) mass is 560 g/mol. The minimum atomic E-state index is -1.50. The Balaban J connectivity index is 2.04. The summed E-state index contributed by atoms with van der Waals surface area (Å²) in [6.45, 7) is 4.30. The number of phenolic OH excluding ortho intramolecular Hbond substituents is 2. The van der Waals surface area contributed by atoms with E-state index >= 15 is 0 Å². The molecule has 3 rings (SSSR count). The number of aromatic hydroxyl groups is 2. The van der Waals surface area contributed by atoms with Crippen LogP contribution in [0.25, 0.3) is 0 Å². The van der Waals surface area contributed by atoms with E-state index in [1.807, 2.05) is 6.07 Å². The summed E-state index contributed by atoms with van der Waals surface area (Å²) >= 11 is 0. The first-order chi connectivity index (χ1) is 19.9. The molecule has 0 spiro atoms. The molecule has 0 aromatic heterocycles. The fourth-order valence-electron chi connectivity index (χ4n) is 5.03. The van der Waals surface area contributed by atoms with Gasteiger partial charge in [0.25, 0.3) is 0 Å². The van der Waals surface area contributed by atoms with E-state index in [1.165, 1.54) is 24.3 Å². The number of carbonyl (C=O) groups is 2. The van der Waals surface area contributed by atoms with Gasteiger partial charge in [-0.25, -0.2) is 0 Å². The van der Waals surface area contributed by atoms with Gasteiger partial charge in [0.1, 0.15) is 17.2 Å². The second-order valence-corrected chi connectivity index (χ2v) is 10.5. The second-order valence-electron chi connectivity index (χ2n) is 10.5. The van der Waals surface area contributed by atoms with E-state index in [4.69, 9.17) is 9.47 Å². The van der Waals surface area contributed by atoms with Crippen LogP contribution in [-0.2, 0) is 19.9 Å². The topological polar surface area (TPSA) is 93.1 Å². The van der Waals surface area contributed by atoms with Crippen LogP contribution in [0, 0.1) is 0 Å². The van der Waals surface area contributed by atoms with Crippen molar-refractivity contribution < 1.29 is 29.3 Å². The zero-order chi connectivity index (χ0) is 29.5. The van der Waals surface area contributed by atoms with Crippen LogP contribution in [0.1, 0.15) is 108 Å². The molecule has 0 atom stereocenters. The van der Waals surface area contributed by atoms with Crippen molar-refractivity contribution in [3.8, 4) is 17.2 Å². The molecule has 220 valence electrons. The van der Waals surface area contributed by atoms with Crippen LogP contribution in [0.2, 0.25) is 0 Å². The Hall–Kier alpha value is -3.80. The smallest absolute Gasteiger partial charge is 0.311 e. The molecule has 0 saturated carbocycles. The van der Waals surface area contributed by atoms with Gasteiger partial charge in [0.2, 0.25) is 0 Å². The molecule has 0 heterocycles. The SMILES string of the molecule is CCCCCCCC(=O)Oc1ccccc1C(OC(=O)CCCCCCC)(c1ccc(O)cc1)c1ccc(O)cc1. The van der Waals surface area contributed by atoms with Gasteiger partial charge >= 0.3 is 11.9 Å². The molecule has 0 aliphatic rings. The van der Waals surface area contributed by atoms with Crippen molar-refractivity contribution in [1.82, 2.24) is 0 Å². The molecular weight excluding hydrogens is 516 g/mol. The number of para-hydroxylation sites is 1. The summed E-state index contributed by atoms with van der Waals surface area (Å²) in [4.78, 5) is 26.4. The zero-order valence-corrected chi connectivity index (χ0v) is 24.4. The largest absolute Gasteiger partial charge is 0.508 e. The molecule has 2 N–H and O–H groups in total. The Bertz CT molecular complexity index is 1170. The van der Waals surface area contributed by atoms with E-state index < -0.39 is 5.60 Å². The van der Waals surface area contributed by atoms with E-state index in [2.05, 4.69) is 13.8 Å². The Morgan fingerprint density at radius 1 is 0.610 bits per heavy atom. The molecule has 0 radical (unpaired) electrons. The van der Waals surface area contributed by atoms with Gasteiger partial charge in [0.05, 0.1) is 0 Å². The van der Waals surface area contributed by atoms with Crippen LogP contribution in [0.5, 0.6) is 17.2 Å². The number of unbranched alkanes of at least 4 members (excludes halogenated alkanes) is 8. The first-order valence-electron chi connectivity index (χ1n) is 15.0. The number of rotatable bonds is 17. The first-order valence-corrected chi connectivity index (χ1v) is 15.0. The molecule has 0 aliphatic carbocycles. The van der Waals surface area contributed by atoms with Gasteiger partial charge in [-0.2, -0.15) is 0 Å². The lowest BCUT2D eigenvalue weighted by molar-refractivity contribution is -0.153. The van der Waals surface area contributed by atoms with Crippen molar-refractivity contribution in [3.63, 3.8) is 0 Å². The predicted octanol–water partition coefficient (Wildman–Crippen LogP) is 8.56. The molecule has 0 fully saturated rings. The van der Waals surface area contributed by atoms with E-state index in [0.717, 1.165) is 57.8 Å². The Kier molecular flexibility index (Phi) is 12.7. The summed E-state index contributed by atoms with van der Waals surface area (Å²) in [6, 6.07) is 20.0. The maximum absolute atomic E-state index is 13.5. The van der Waals surface area contributed by atoms with Gasteiger partial charge in [0, 0.05) is 29.5 Å². The summed E-state index contributed by atoms with van der Waals surface area (Å²) in [5.74, 6) is -0.305. The third-order valence-corrected chi connectivity index (χ3v) is 7.27. The molecule has 6 heteroatoms. The van der Waals surface area contributed by atoms with Gasteiger partial charge in [-0.05, 0) is 43.2 Å². The van der Waals surface area contributed by atoms with Crippen molar-refractivity contribution in [1.29, 1.82) is 0 Å². The highest BCUT2D eigenvalue weighted by Crippen LogP contribution is 2.45. The summed E-state index contributed by atoms with van der Waals surface area (Å²) in [7, 11) is 0. The van der Waals surface area contributed by atoms with Crippen LogP contribution in [0.4, 0.5) is 0 Å². The fourth-order valence-corrected chi connectivity index (χ4v) is 5.03. The standard InChI is InChI=1S/C35H44O6/c1-3-5-7-9-11-17-33(38)40-32-16-14-13-15-31(32)35(27-19-23-29(36)24-20-27,28-21-25-30(37)26-22-28)41-34(39)18-12-10-8-6-4-2/h13-16,19-26,36-37H,3-12,17-18H2,1-2H3. The fraction of sp³-hybridized carbons (Fsp3) is 0.429.